The predicted octanol–water partition coefficient (Wildman–Crippen LogP) is 4.88. The standard InChI is InChI=1S/C25H27NO3S/c1-3-24(21-14-16-22(17-15-21)30(2,28)29)26-25(27)18-23(19-10-6-4-7-11-19)20-12-8-5-9-13-20/h4-17,23-24H,3,18H2,1-2H3,(H,26,27). The van der Waals surface area contributed by atoms with Crippen molar-refractivity contribution in [1.29, 1.82) is 0 Å². The Kier molecular flexibility index (Phi) is 7.06. The lowest BCUT2D eigenvalue weighted by molar-refractivity contribution is -0.122. The minimum atomic E-state index is -3.24. The number of nitrogens with one attached hydrogen (secondary N) is 1. The Bertz CT molecular complexity index is 1020. The van der Waals surface area contributed by atoms with Gasteiger partial charge in [0.15, 0.2) is 9.84 Å². The van der Waals surface area contributed by atoms with Crippen molar-refractivity contribution < 1.29 is 13.2 Å². The molecule has 30 heavy (non-hydrogen) atoms. The first-order chi connectivity index (χ1) is 14.4. The monoisotopic (exact) mass is 421 g/mol. The summed E-state index contributed by atoms with van der Waals surface area (Å²) in [5, 5.41) is 3.12. The van der Waals surface area contributed by atoms with Gasteiger partial charge < -0.3 is 5.32 Å². The molecule has 0 aliphatic heterocycles. The summed E-state index contributed by atoms with van der Waals surface area (Å²) >= 11 is 0. The van der Waals surface area contributed by atoms with E-state index in [1.807, 2.05) is 67.6 Å². The van der Waals surface area contributed by atoms with Gasteiger partial charge in [0, 0.05) is 18.6 Å². The van der Waals surface area contributed by atoms with Crippen molar-refractivity contribution in [2.75, 3.05) is 6.26 Å². The average Bonchev–Trinajstić information content (AvgIpc) is 2.76. The van der Waals surface area contributed by atoms with Gasteiger partial charge in [-0.05, 0) is 35.2 Å². The fourth-order valence-corrected chi connectivity index (χ4v) is 4.24. The molecule has 156 valence electrons. The van der Waals surface area contributed by atoms with Crippen LogP contribution in [-0.4, -0.2) is 20.6 Å². The molecule has 5 heteroatoms. The molecule has 1 N–H and O–H groups in total. The fourth-order valence-electron chi connectivity index (χ4n) is 3.61. The van der Waals surface area contributed by atoms with Crippen LogP contribution in [0.5, 0.6) is 0 Å². The molecule has 0 heterocycles. The highest BCUT2D eigenvalue weighted by atomic mass is 32.2. The molecule has 3 aromatic carbocycles. The Morgan fingerprint density at radius 3 is 1.73 bits per heavy atom. The average molecular weight is 422 g/mol. The Labute approximate surface area is 178 Å². The number of rotatable bonds is 8. The highest BCUT2D eigenvalue weighted by Crippen LogP contribution is 2.28. The minimum Gasteiger partial charge on any atom is -0.349 e. The lowest BCUT2D eigenvalue weighted by atomic mass is 9.88. The zero-order chi connectivity index (χ0) is 21.6. The van der Waals surface area contributed by atoms with E-state index in [0.29, 0.717) is 12.8 Å². The molecule has 0 radical (unpaired) electrons. The predicted molar refractivity (Wildman–Crippen MR) is 120 cm³/mol. The lowest BCUT2D eigenvalue weighted by Crippen LogP contribution is -2.29. The van der Waals surface area contributed by atoms with Crippen LogP contribution in [0.25, 0.3) is 0 Å². The summed E-state index contributed by atoms with van der Waals surface area (Å²) in [5.74, 6) is -0.0655. The van der Waals surface area contributed by atoms with Crippen molar-refractivity contribution in [1.82, 2.24) is 5.32 Å². The van der Waals surface area contributed by atoms with E-state index in [4.69, 9.17) is 0 Å². The summed E-state index contributed by atoms with van der Waals surface area (Å²) < 4.78 is 23.4. The normalized spacial score (nSPS) is 12.5. The van der Waals surface area contributed by atoms with E-state index < -0.39 is 9.84 Å². The van der Waals surface area contributed by atoms with Gasteiger partial charge in [-0.25, -0.2) is 8.42 Å². The molecule has 0 saturated heterocycles. The van der Waals surface area contributed by atoms with E-state index in [9.17, 15) is 13.2 Å². The van der Waals surface area contributed by atoms with E-state index in [1.54, 1.807) is 24.3 Å². The van der Waals surface area contributed by atoms with E-state index in [0.717, 1.165) is 16.7 Å². The van der Waals surface area contributed by atoms with Gasteiger partial charge in [-0.15, -0.1) is 0 Å². The van der Waals surface area contributed by atoms with Gasteiger partial charge in [0.1, 0.15) is 0 Å². The first-order valence-corrected chi connectivity index (χ1v) is 12.0. The molecule has 1 amide bonds. The largest absolute Gasteiger partial charge is 0.349 e. The van der Waals surface area contributed by atoms with E-state index in [-0.39, 0.29) is 22.8 Å². The van der Waals surface area contributed by atoms with Crippen LogP contribution in [0, 0.1) is 0 Å². The Hall–Kier alpha value is -2.92. The highest BCUT2D eigenvalue weighted by Gasteiger charge is 2.20. The number of hydrogen-bond donors (Lipinski definition) is 1. The third-order valence-electron chi connectivity index (χ3n) is 5.25. The second-order valence-corrected chi connectivity index (χ2v) is 9.46. The van der Waals surface area contributed by atoms with Gasteiger partial charge >= 0.3 is 0 Å². The fraction of sp³-hybridized carbons (Fsp3) is 0.240. The van der Waals surface area contributed by atoms with Crippen LogP contribution < -0.4 is 5.32 Å². The van der Waals surface area contributed by atoms with Crippen molar-refractivity contribution in [2.24, 2.45) is 0 Å². The van der Waals surface area contributed by atoms with Crippen LogP contribution in [0.3, 0.4) is 0 Å². The summed E-state index contributed by atoms with van der Waals surface area (Å²) in [4.78, 5) is 13.2. The molecule has 0 saturated carbocycles. The summed E-state index contributed by atoms with van der Waals surface area (Å²) in [7, 11) is -3.24. The molecule has 1 unspecified atom stereocenters. The van der Waals surface area contributed by atoms with Crippen LogP contribution >= 0.6 is 0 Å². The van der Waals surface area contributed by atoms with Crippen LogP contribution in [0.1, 0.15) is 48.4 Å². The third kappa shape index (κ3) is 5.57. The van der Waals surface area contributed by atoms with Crippen molar-refractivity contribution >= 4 is 15.7 Å². The molecule has 3 aromatic rings. The lowest BCUT2D eigenvalue weighted by Gasteiger charge is -2.22. The summed E-state index contributed by atoms with van der Waals surface area (Å²) in [6.45, 7) is 2.00. The van der Waals surface area contributed by atoms with Gasteiger partial charge in [0.25, 0.3) is 0 Å². The molecule has 0 bridgehead atoms. The molecule has 1 atom stereocenters. The summed E-state index contributed by atoms with van der Waals surface area (Å²) in [6, 6.07) is 26.7. The Morgan fingerprint density at radius 2 is 1.30 bits per heavy atom. The van der Waals surface area contributed by atoms with Crippen LogP contribution in [0.15, 0.2) is 89.8 Å². The quantitative estimate of drug-likeness (QED) is 0.564. The molecule has 0 aromatic heterocycles. The van der Waals surface area contributed by atoms with E-state index >= 15 is 0 Å². The Morgan fingerprint density at radius 1 is 0.800 bits per heavy atom. The second-order valence-electron chi connectivity index (χ2n) is 7.45. The molecule has 0 aliphatic rings. The number of carbonyl (C=O) groups is 1. The number of sulfone groups is 1. The molecule has 0 aliphatic carbocycles. The molecular formula is C25H27NO3S. The number of benzene rings is 3. The molecule has 0 spiro atoms. The number of carbonyl (C=O) groups excluding carboxylic acids is 1. The maximum atomic E-state index is 13.0. The van der Waals surface area contributed by atoms with Gasteiger partial charge in [0.05, 0.1) is 10.9 Å². The number of amides is 1. The summed E-state index contributed by atoms with van der Waals surface area (Å²) in [5.41, 5.74) is 3.10. The SMILES string of the molecule is CCC(NC(=O)CC(c1ccccc1)c1ccccc1)c1ccc(S(C)(=O)=O)cc1. The van der Waals surface area contributed by atoms with Crippen molar-refractivity contribution in [2.45, 2.75) is 36.6 Å². The Balaban J connectivity index is 1.77. The van der Waals surface area contributed by atoms with Crippen molar-refractivity contribution in [3.63, 3.8) is 0 Å². The van der Waals surface area contributed by atoms with Gasteiger partial charge in [-0.2, -0.15) is 0 Å². The zero-order valence-corrected chi connectivity index (χ0v) is 18.1. The van der Waals surface area contributed by atoms with Gasteiger partial charge in [-0.3, -0.25) is 4.79 Å². The van der Waals surface area contributed by atoms with Gasteiger partial charge in [0.2, 0.25) is 5.91 Å². The van der Waals surface area contributed by atoms with Crippen LogP contribution in [-0.2, 0) is 14.6 Å². The molecular weight excluding hydrogens is 394 g/mol. The topological polar surface area (TPSA) is 63.2 Å². The summed E-state index contributed by atoms with van der Waals surface area (Å²) in [6.07, 6.45) is 2.24. The molecule has 3 rings (SSSR count). The highest BCUT2D eigenvalue weighted by molar-refractivity contribution is 7.90. The first kappa shape index (κ1) is 21.8. The van der Waals surface area contributed by atoms with E-state index in [1.165, 1.54) is 6.26 Å². The molecule has 0 fully saturated rings. The maximum absolute atomic E-state index is 13.0. The third-order valence-corrected chi connectivity index (χ3v) is 6.38. The first-order valence-electron chi connectivity index (χ1n) is 10.1. The number of hydrogen-bond acceptors (Lipinski definition) is 3. The zero-order valence-electron chi connectivity index (χ0n) is 17.3. The second kappa shape index (κ2) is 9.72. The molecule has 4 nitrogen and oxygen atoms in total. The van der Waals surface area contributed by atoms with Gasteiger partial charge in [-0.1, -0.05) is 79.7 Å². The minimum absolute atomic E-state index is 0.0301. The van der Waals surface area contributed by atoms with Crippen molar-refractivity contribution in [3.05, 3.63) is 102 Å². The van der Waals surface area contributed by atoms with Crippen molar-refractivity contribution in [3.8, 4) is 0 Å². The maximum Gasteiger partial charge on any atom is 0.221 e. The van der Waals surface area contributed by atoms with E-state index in [2.05, 4.69) is 5.32 Å². The van der Waals surface area contributed by atoms with Crippen LogP contribution in [0.4, 0.5) is 0 Å². The smallest absolute Gasteiger partial charge is 0.221 e. The van der Waals surface area contributed by atoms with Crippen LogP contribution in [0.2, 0.25) is 0 Å².